The van der Waals surface area contributed by atoms with Gasteiger partial charge in [-0.25, -0.2) is 4.68 Å². The molecule has 0 aliphatic carbocycles. The van der Waals surface area contributed by atoms with Crippen molar-refractivity contribution in [2.75, 3.05) is 20.6 Å². The third kappa shape index (κ3) is 4.14. The zero-order valence-corrected chi connectivity index (χ0v) is 14.5. The highest BCUT2D eigenvalue weighted by Crippen LogP contribution is 2.10. The Morgan fingerprint density at radius 3 is 2.40 bits per heavy atom. The number of amides is 1. The number of quaternary nitrogens is 1. The van der Waals surface area contributed by atoms with Crippen LogP contribution in [0.3, 0.4) is 0 Å². The van der Waals surface area contributed by atoms with Gasteiger partial charge in [0.1, 0.15) is 6.04 Å². The molecule has 5 nitrogen and oxygen atoms in total. The standard InChI is InChI=1S/C20H22N4O/c1-23(2)19(16-7-4-3-5-8-16)15-21-20(25)17-9-11-18(12-10-17)24-14-6-13-22-24/h3-14,19H,15H2,1-2H3,(H,21,25)/p+1/t19-/m1/s1. The second-order valence-corrected chi connectivity index (χ2v) is 6.25. The van der Waals surface area contributed by atoms with Gasteiger partial charge < -0.3 is 10.2 Å². The summed E-state index contributed by atoms with van der Waals surface area (Å²) < 4.78 is 1.77. The molecule has 1 atom stereocenters. The highest BCUT2D eigenvalue weighted by Gasteiger charge is 2.18. The number of carbonyl (C=O) groups excluding carboxylic acids is 1. The lowest BCUT2D eigenvalue weighted by Crippen LogP contribution is -3.07. The Labute approximate surface area is 147 Å². The van der Waals surface area contributed by atoms with Gasteiger partial charge in [0.15, 0.2) is 0 Å². The van der Waals surface area contributed by atoms with Gasteiger partial charge in [-0.1, -0.05) is 30.3 Å². The molecule has 2 N–H and O–H groups in total. The van der Waals surface area contributed by atoms with E-state index in [4.69, 9.17) is 0 Å². The number of aromatic nitrogens is 2. The number of carbonyl (C=O) groups is 1. The molecule has 128 valence electrons. The second kappa shape index (κ2) is 7.77. The monoisotopic (exact) mass is 335 g/mol. The summed E-state index contributed by atoms with van der Waals surface area (Å²) in [6, 6.07) is 19.8. The predicted molar refractivity (Wildman–Crippen MR) is 97.9 cm³/mol. The van der Waals surface area contributed by atoms with E-state index in [0.717, 1.165) is 5.69 Å². The number of nitrogens with zero attached hydrogens (tertiary/aromatic N) is 2. The van der Waals surface area contributed by atoms with Crippen LogP contribution in [-0.2, 0) is 0 Å². The Bertz CT molecular complexity index is 795. The number of hydrogen-bond donors (Lipinski definition) is 2. The number of benzene rings is 2. The molecule has 2 aromatic carbocycles. The van der Waals surface area contributed by atoms with Gasteiger partial charge in [-0.05, 0) is 30.3 Å². The molecule has 0 saturated carbocycles. The zero-order valence-electron chi connectivity index (χ0n) is 14.5. The first-order chi connectivity index (χ1) is 12.1. The average molecular weight is 335 g/mol. The van der Waals surface area contributed by atoms with Crippen LogP contribution < -0.4 is 10.2 Å². The number of hydrogen-bond acceptors (Lipinski definition) is 2. The van der Waals surface area contributed by atoms with Gasteiger partial charge >= 0.3 is 0 Å². The molecule has 3 rings (SSSR count). The third-order valence-corrected chi connectivity index (χ3v) is 4.26. The molecule has 1 heterocycles. The zero-order chi connectivity index (χ0) is 17.6. The van der Waals surface area contributed by atoms with Gasteiger partial charge in [-0.15, -0.1) is 0 Å². The molecule has 0 spiro atoms. The van der Waals surface area contributed by atoms with Crippen LogP contribution in [0.5, 0.6) is 0 Å². The van der Waals surface area contributed by atoms with Crippen LogP contribution in [0, 0.1) is 0 Å². The van der Waals surface area contributed by atoms with E-state index >= 15 is 0 Å². The van der Waals surface area contributed by atoms with Crippen molar-refractivity contribution >= 4 is 5.91 Å². The Hall–Kier alpha value is -2.92. The smallest absolute Gasteiger partial charge is 0.251 e. The topological polar surface area (TPSA) is 51.4 Å². The molecule has 1 amide bonds. The van der Waals surface area contributed by atoms with Gasteiger partial charge in [0.25, 0.3) is 5.91 Å². The summed E-state index contributed by atoms with van der Waals surface area (Å²) in [4.78, 5) is 13.7. The lowest BCUT2D eigenvalue weighted by molar-refractivity contribution is -0.890. The van der Waals surface area contributed by atoms with E-state index < -0.39 is 0 Å². The van der Waals surface area contributed by atoms with Gasteiger partial charge in [-0.3, -0.25) is 4.79 Å². The van der Waals surface area contributed by atoms with E-state index in [0.29, 0.717) is 12.1 Å². The number of likely N-dealkylation sites (N-methyl/N-ethyl adjacent to an activating group) is 1. The first kappa shape index (κ1) is 16.9. The highest BCUT2D eigenvalue weighted by molar-refractivity contribution is 5.94. The lowest BCUT2D eigenvalue weighted by Gasteiger charge is -2.22. The Kier molecular flexibility index (Phi) is 5.26. The normalized spacial score (nSPS) is 12.1. The second-order valence-electron chi connectivity index (χ2n) is 6.25. The molecule has 0 aliphatic rings. The van der Waals surface area contributed by atoms with Crippen LogP contribution in [0.1, 0.15) is 22.0 Å². The fourth-order valence-corrected chi connectivity index (χ4v) is 2.82. The van der Waals surface area contributed by atoms with Crippen LogP contribution in [0.25, 0.3) is 5.69 Å². The summed E-state index contributed by atoms with van der Waals surface area (Å²) in [5.41, 5.74) is 2.80. The lowest BCUT2D eigenvalue weighted by atomic mass is 10.1. The maximum absolute atomic E-state index is 12.5. The van der Waals surface area contributed by atoms with Gasteiger partial charge in [0, 0.05) is 23.5 Å². The van der Waals surface area contributed by atoms with Crippen molar-refractivity contribution in [3.05, 3.63) is 84.2 Å². The molecule has 0 unspecified atom stereocenters. The molecular weight excluding hydrogens is 312 g/mol. The van der Waals surface area contributed by atoms with Crippen molar-refractivity contribution < 1.29 is 9.69 Å². The maximum atomic E-state index is 12.5. The van der Waals surface area contributed by atoms with Crippen LogP contribution in [0.15, 0.2) is 73.1 Å². The quantitative estimate of drug-likeness (QED) is 0.717. The van der Waals surface area contributed by atoms with Crippen LogP contribution >= 0.6 is 0 Å². The van der Waals surface area contributed by atoms with Crippen molar-refractivity contribution in [2.45, 2.75) is 6.04 Å². The van der Waals surface area contributed by atoms with Crippen molar-refractivity contribution in [1.82, 2.24) is 15.1 Å². The summed E-state index contributed by atoms with van der Waals surface area (Å²) in [7, 11) is 4.20. The molecule has 0 bridgehead atoms. The summed E-state index contributed by atoms with van der Waals surface area (Å²) in [6.45, 7) is 0.589. The molecule has 0 saturated heterocycles. The average Bonchev–Trinajstić information content (AvgIpc) is 3.17. The molecule has 25 heavy (non-hydrogen) atoms. The van der Waals surface area contributed by atoms with Gasteiger partial charge in [0.2, 0.25) is 0 Å². The Morgan fingerprint density at radius 1 is 1.08 bits per heavy atom. The molecule has 1 aromatic heterocycles. The van der Waals surface area contributed by atoms with Crippen molar-refractivity contribution in [2.24, 2.45) is 0 Å². The van der Waals surface area contributed by atoms with E-state index in [1.165, 1.54) is 10.5 Å². The van der Waals surface area contributed by atoms with E-state index in [1.54, 1.807) is 10.9 Å². The first-order valence-electron chi connectivity index (χ1n) is 8.38. The molecule has 3 aromatic rings. The Morgan fingerprint density at radius 2 is 1.80 bits per heavy atom. The first-order valence-corrected chi connectivity index (χ1v) is 8.38. The minimum absolute atomic E-state index is 0.0609. The maximum Gasteiger partial charge on any atom is 0.251 e. The van der Waals surface area contributed by atoms with Crippen molar-refractivity contribution in [1.29, 1.82) is 0 Å². The predicted octanol–water partition coefficient (Wildman–Crippen LogP) is 1.49. The summed E-state index contributed by atoms with van der Waals surface area (Å²) in [5.74, 6) is -0.0609. The van der Waals surface area contributed by atoms with Gasteiger partial charge in [0.05, 0.1) is 26.3 Å². The van der Waals surface area contributed by atoms with E-state index in [-0.39, 0.29) is 11.9 Å². The number of nitrogens with one attached hydrogen (secondary N) is 2. The van der Waals surface area contributed by atoms with Crippen LogP contribution in [0.2, 0.25) is 0 Å². The van der Waals surface area contributed by atoms with Crippen LogP contribution in [0.4, 0.5) is 0 Å². The fraction of sp³-hybridized carbons (Fsp3) is 0.200. The largest absolute Gasteiger partial charge is 0.346 e. The molecular formula is C20H23N4O+. The minimum Gasteiger partial charge on any atom is -0.346 e. The van der Waals surface area contributed by atoms with E-state index in [9.17, 15) is 4.79 Å². The van der Waals surface area contributed by atoms with Gasteiger partial charge in [-0.2, -0.15) is 5.10 Å². The molecule has 0 radical (unpaired) electrons. The Balaban J connectivity index is 1.65. The van der Waals surface area contributed by atoms with Crippen molar-refractivity contribution in [3.63, 3.8) is 0 Å². The summed E-state index contributed by atoms with van der Waals surface area (Å²) in [6.07, 6.45) is 3.60. The van der Waals surface area contributed by atoms with Crippen molar-refractivity contribution in [3.8, 4) is 5.69 Å². The molecule has 0 aliphatic heterocycles. The minimum atomic E-state index is -0.0609. The summed E-state index contributed by atoms with van der Waals surface area (Å²) >= 11 is 0. The van der Waals surface area contributed by atoms with E-state index in [1.807, 2.05) is 54.7 Å². The summed E-state index contributed by atoms with van der Waals surface area (Å²) in [5, 5.41) is 7.24. The molecule has 0 fully saturated rings. The van der Waals surface area contributed by atoms with E-state index in [2.05, 4.69) is 36.6 Å². The number of rotatable bonds is 6. The third-order valence-electron chi connectivity index (χ3n) is 4.26. The highest BCUT2D eigenvalue weighted by atomic mass is 16.1. The SMILES string of the molecule is C[NH+](C)[C@H](CNC(=O)c1ccc(-n2cccn2)cc1)c1ccccc1. The molecule has 5 heteroatoms. The fourth-order valence-electron chi connectivity index (χ4n) is 2.82. The van der Waals surface area contributed by atoms with Crippen LogP contribution in [-0.4, -0.2) is 36.3 Å².